The molecule has 0 saturated carbocycles. The number of hydrogen-bond donors (Lipinski definition) is 1. The number of carbonyl (C=O) groups excluding carboxylic acids is 1. The molecule has 27 heavy (non-hydrogen) atoms. The summed E-state index contributed by atoms with van der Waals surface area (Å²) in [4.78, 5) is 14.2. The third kappa shape index (κ3) is 5.52. The first kappa shape index (κ1) is 20.9. The first-order valence-corrected chi connectivity index (χ1v) is 10.4. The van der Waals surface area contributed by atoms with E-state index < -0.39 is 10.0 Å². The summed E-state index contributed by atoms with van der Waals surface area (Å²) in [7, 11) is -1.73. The minimum atomic E-state index is -3.47. The van der Waals surface area contributed by atoms with E-state index in [2.05, 4.69) is 18.6 Å². The van der Waals surface area contributed by atoms with Crippen molar-refractivity contribution < 1.29 is 13.2 Å². The molecular formula is C21H26N2O3S. The fourth-order valence-electron chi connectivity index (χ4n) is 2.53. The predicted octanol–water partition coefficient (Wildman–Crippen LogP) is 3.78. The summed E-state index contributed by atoms with van der Waals surface area (Å²) in [6.07, 6.45) is 3.16. The number of nitrogens with zero attached hydrogens (tertiary/aromatic N) is 1. The van der Waals surface area contributed by atoms with Crippen LogP contribution in [-0.2, 0) is 14.8 Å². The smallest absolute Gasteiger partial charge is 0.250 e. The van der Waals surface area contributed by atoms with Crippen LogP contribution in [0, 0.1) is 0 Å². The number of amides is 1. The van der Waals surface area contributed by atoms with Gasteiger partial charge in [0.2, 0.25) is 10.0 Å². The molecule has 1 N–H and O–H groups in total. The van der Waals surface area contributed by atoms with E-state index in [4.69, 9.17) is 0 Å². The molecule has 0 unspecified atom stereocenters. The molecule has 0 aliphatic heterocycles. The molecule has 0 spiro atoms. The van der Waals surface area contributed by atoms with E-state index >= 15 is 0 Å². The molecule has 0 fully saturated rings. The zero-order valence-corrected chi connectivity index (χ0v) is 17.0. The average molecular weight is 387 g/mol. The van der Waals surface area contributed by atoms with Crippen molar-refractivity contribution in [1.82, 2.24) is 4.72 Å². The third-order valence-electron chi connectivity index (χ3n) is 4.20. The molecule has 0 bridgehead atoms. The van der Waals surface area contributed by atoms with Gasteiger partial charge >= 0.3 is 0 Å². The van der Waals surface area contributed by atoms with Gasteiger partial charge in [-0.05, 0) is 47.4 Å². The zero-order chi connectivity index (χ0) is 20.0. The Balaban J connectivity index is 2.11. The highest BCUT2D eigenvalue weighted by atomic mass is 32.2. The Labute approximate surface area is 161 Å². The molecule has 0 radical (unpaired) electrons. The summed E-state index contributed by atoms with van der Waals surface area (Å²) in [6.45, 7) is 6.29. The minimum absolute atomic E-state index is 0.153. The number of likely N-dealkylation sites (N-methyl/N-ethyl adjacent to an activating group) is 1. The maximum Gasteiger partial charge on any atom is 0.250 e. The predicted molar refractivity (Wildman–Crippen MR) is 110 cm³/mol. The normalized spacial score (nSPS) is 11.9. The lowest BCUT2D eigenvalue weighted by Crippen LogP contribution is -2.24. The number of sulfonamides is 1. The molecule has 1 amide bonds. The van der Waals surface area contributed by atoms with Gasteiger partial charge < -0.3 is 4.90 Å². The SMILES string of the molecule is CCNS(=O)(=O)c1ccc(/C=C/C(=O)N(C)c2cccc(C(C)C)c2)cc1. The van der Waals surface area contributed by atoms with Crippen LogP contribution < -0.4 is 9.62 Å². The van der Waals surface area contributed by atoms with E-state index in [0.29, 0.717) is 12.5 Å². The number of carbonyl (C=O) groups is 1. The summed E-state index contributed by atoms with van der Waals surface area (Å²) in [5, 5.41) is 0. The van der Waals surface area contributed by atoms with Gasteiger partial charge in [-0.2, -0.15) is 0 Å². The van der Waals surface area contributed by atoms with E-state index in [1.54, 1.807) is 37.1 Å². The lowest BCUT2D eigenvalue weighted by Gasteiger charge is -2.17. The summed E-state index contributed by atoms with van der Waals surface area (Å²) >= 11 is 0. The maximum atomic E-state index is 12.4. The first-order valence-electron chi connectivity index (χ1n) is 8.90. The summed E-state index contributed by atoms with van der Waals surface area (Å²) in [5.41, 5.74) is 2.76. The Morgan fingerprint density at radius 1 is 1.15 bits per heavy atom. The second-order valence-corrected chi connectivity index (χ2v) is 8.32. The van der Waals surface area contributed by atoms with Gasteiger partial charge in [-0.15, -0.1) is 0 Å². The van der Waals surface area contributed by atoms with Crippen molar-refractivity contribution in [2.24, 2.45) is 0 Å². The summed E-state index contributed by atoms with van der Waals surface area (Å²) < 4.78 is 26.3. The van der Waals surface area contributed by atoms with Crippen molar-refractivity contribution in [2.75, 3.05) is 18.5 Å². The molecule has 5 nitrogen and oxygen atoms in total. The summed E-state index contributed by atoms with van der Waals surface area (Å²) in [5.74, 6) is 0.237. The van der Waals surface area contributed by atoms with E-state index in [-0.39, 0.29) is 10.8 Å². The van der Waals surface area contributed by atoms with Gasteiger partial charge in [-0.1, -0.05) is 45.0 Å². The highest BCUT2D eigenvalue weighted by Crippen LogP contribution is 2.21. The quantitative estimate of drug-likeness (QED) is 0.737. The van der Waals surface area contributed by atoms with Crippen molar-refractivity contribution >= 4 is 27.7 Å². The van der Waals surface area contributed by atoms with Gasteiger partial charge in [0.25, 0.3) is 5.91 Å². The average Bonchev–Trinajstić information content (AvgIpc) is 2.65. The highest BCUT2D eigenvalue weighted by Gasteiger charge is 2.12. The van der Waals surface area contributed by atoms with Crippen LogP contribution in [0.3, 0.4) is 0 Å². The molecule has 0 saturated heterocycles. The molecule has 0 aliphatic rings. The van der Waals surface area contributed by atoms with Gasteiger partial charge in [0.05, 0.1) is 4.90 Å². The van der Waals surface area contributed by atoms with Crippen molar-refractivity contribution in [3.05, 3.63) is 65.7 Å². The molecule has 2 rings (SSSR count). The number of benzene rings is 2. The number of anilines is 1. The highest BCUT2D eigenvalue weighted by molar-refractivity contribution is 7.89. The van der Waals surface area contributed by atoms with E-state index in [0.717, 1.165) is 11.3 Å². The third-order valence-corrected chi connectivity index (χ3v) is 5.76. The largest absolute Gasteiger partial charge is 0.312 e. The van der Waals surface area contributed by atoms with Crippen molar-refractivity contribution in [3.8, 4) is 0 Å². The maximum absolute atomic E-state index is 12.4. The molecule has 2 aromatic rings. The van der Waals surface area contributed by atoms with Crippen LogP contribution in [0.5, 0.6) is 0 Å². The second kappa shape index (κ2) is 8.97. The van der Waals surface area contributed by atoms with Crippen molar-refractivity contribution in [2.45, 2.75) is 31.6 Å². The number of rotatable bonds is 7. The van der Waals surface area contributed by atoms with Gasteiger partial charge in [0.1, 0.15) is 0 Å². The van der Waals surface area contributed by atoms with Crippen LogP contribution in [0.25, 0.3) is 6.08 Å². The van der Waals surface area contributed by atoms with Crippen molar-refractivity contribution in [3.63, 3.8) is 0 Å². The Hall–Kier alpha value is -2.44. The lowest BCUT2D eigenvalue weighted by atomic mass is 10.0. The van der Waals surface area contributed by atoms with Crippen LogP contribution in [0.15, 0.2) is 59.5 Å². The molecular weight excluding hydrogens is 360 g/mol. The molecule has 0 atom stereocenters. The topological polar surface area (TPSA) is 66.5 Å². The fraction of sp³-hybridized carbons (Fsp3) is 0.286. The molecule has 0 aliphatic carbocycles. The van der Waals surface area contributed by atoms with Crippen LogP contribution in [-0.4, -0.2) is 27.9 Å². The number of hydrogen-bond acceptors (Lipinski definition) is 3. The standard InChI is InChI=1S/C21H26N2O3S/c1-5-22-27(25,26)20-12-9-17(10-13-20)11-14-21(24)23(4)19-8-6-7-18(15-19)16(2)3/h6-16,22H,5H2,1-4H3/b14-11+. The fourth-order valence-corrected chi connectivity index (χ4v) is 3.57. The lowest BCUT2D eigenvalue weighted by molar-refractivity contribution is -0.113. The first-order chi connectivity index (χ1) is 12.7. The second-order valence-electron chi connectivity index (χ2n) is 6.55. The monoisotopic (exact) mass is 386 g/mol. The van der Waals surface area contributed by atoms with Gasteiger partial charge in [0, 0.05) is 25.4 Å². The Bertz CT molecular complexity index is 917. The van der Waals surface area contributed by atoms with Gasteiger partial charge in [-0.3, -0.25) is 4.79 Å². The van der Waals surface area contributed by atoms with Crippen LogP contribution in [0.4, 0.5) is 5.69 Å². The Morgan fingerprint density at radius 2 is 1.81 bits per heavy atom. The Morgan fingerprint density at radius 3 is 2.41 bits per heavy atom. The molecule has 2 aromatic carbocycles. The summed E-state index contributed by atoms with van der Waals surface area (Å²) in [6, 6.07) is 14.3. The number of nitrogens with one attached hydrogen (secondary N) is 1. The van der Waals surface area contributed by atoms with E-state index in [9.17, 15) is 13.2 Å². The van der Waals surface area contributed by atoms with Crippen LogP contribution in [0.2, 0.25) is 0 Å². The van der Waals surface area contributed by atoms with Crippen molar-refractivity contribution in [1.29, 1.82) is 0 Å². The van der Waals surface area contributed by atoms with E-state index in [1.807, 2.05) is 24.3 Å². The molecule has 0 heterocycles. The minimum Gasteiger partial charge on any atom is -0.312 e. The molecule has 0 aromatic heterocycles. The zero-order valence-electron chi connectivity index (χ0n) is 16.1. The van der Waals surface area contributed by atoms with Crippen LogP contribution in [0.1, 0.15) is 37.8 Å². The van der Waals surface area contributed by atoms with Gasteiger partial charge in [-0.25, -0.2) is 13.1 Å². The Kier molecular flexibility index (Phi) is 6.93. The molecule has 144 valence electrons. The van der Waals surface area contributed by atoms with E-state index in [1.165, 1.54) is 23.8 Å². The molecule has 6 heteroatoms. The van der Waals surface area contributed by atoms with Crippen LogP contribution >= 0.6 is 0 Å². The van der Waals surface area contributed by atoms with Gasteiger partial charge in [0.15, 0.2) is 0 Å².